The molecule has 9 heteroatoms. The lowest BCUT2D eigenvalue weighted by molar-refractivity contribution is -0.120. The van der Waals surface area contributed by atoms with Gasteiger partial charge in [0.1, 0.15) is 10.7 Å². The maximum absolute atomic E-state index is 13.2. The highest BCUT2D eigenvalue weighted by atomic mass is 35.5. The third-order valence-electron chi connectivity index (χ3n) is 5.76. The molecule has 2 N–H and O–H groups in total. The predicted octanol–water partition coefficient (Wildman–Crippen LogP) is 5.56. The lowest BCUT2D eigenvalue weighted by Gasteiger charge is -2.18. The Kier molecular flexibility index (Phi) is 7.64. The maximum Gasteiger partial charge on any atom is 0.340 e. The van der Waals surface area contributed by atoms with E-state index in [1.807, 2.05) is 19.1 Å². The second-order valence-electron chi connectivity index (χ2n) is 9.08. The number of ether oxygens (including phenoxy) is 1. The number of carbonyl (C=O) groups excluding carboxylic acids is 4. The van der Waals surface area contributed by atoms with E-state index in [1.165, 1.54) is 6.07 Å². The number of carbonyl (C=O) groups is 4. The Bertz CT molecular complexity index is 1500. The Morgan fingerprint density at radius 2 is 1.66 bits per heavy atom. The van der Waals surface area contributed by atoms with Crippen LogP contribution in [-0.4, -0.2) is 29.8 Å². The summed E-state index contributed by atoms with van der Waals surface area (Å²) in [4.78, 5) is 52.6. The van der Waals surface area contributed by atoms with Crippen LogP contribution in [0.25, 0.3) is 0 Å². The van der Waals surface area contributed by atoms with E-state index < -0.39 is 23.7 Å². The van der Waals surface area contributed by atoms with Crippen molar-refractivity contribution in [1.82, 2.24) is 0 Å². The van der Waals surface area contributed by atoms with Crippen molar-refractivity contribution >= 4 is 52.4 Å². The third-order valence-corrected chi connectivity index (χ3v) is 6.12. The van der Waals surface area contributed by atoms with Gasteiger partial charge >= 0.3 is 5.97 Å². The Balaban J connectivity index is 1.55. The first-order valence-corrected chi connectivity index (χ1v) is 12.3. The van der Waals surface area contributed by atoms with Crippen LogP contribution in [0.5, 0.6) is 0 Å². The Morgan fingerprint density at radius 3 is 2.39 bits per heavy atom. The van der Waals surface area contributed by atoms with Gasteiger partial charge in [-0.15, -0.1) is 0 Å². The van der Waals surface area contributed by atoms with Gasteiger partial charge < -0.3 is 15.4 Å². The lowest BCUT2D eigenvalue weighted by Crippen LogP contribution is -2.33. The number of hydrogen-bond donors (Lipinski definition) is 2. The molecule has 0 spiro atoms. The number of rotatable bonds is 7. The minimum absolute atomic E-state index is 0.0862. The lowest BCUT2D eigenvalue weighted by atomic mass is 10.1. The van der Waals surface area contributed by atoms with Crippen molar-refractivity contribution in [1.29, 1.82) is 0 Å². The maximum atomic E-state index is 13.2. The van der Waals surface area contributed by atoms with Crippen molar-refractivity contribution in [2.24, 2.45) is 0 Å². The topological polar surface area (TPSA) is 105 Å². The first-order chi connectivity index (χ1) is 18.1. The molecule has 38 heavy (non-hydrogen) atoms. The summed E-state index contributed by atoms with van der Waals surface area (Å²) in [6.45, 7) is 7.15. The van der Waals surface area contributed by atoms with Gasteiger partial charge in [-0.25, -0.2) is 9.69 Å². The fourth-order valence-electron chi connectivity index (χ4n) is 3.92. The van der Waals surface area contributed by atoms with Crippen molar-refractivity contribution in [2.45, 2.75) is 33.8 Å². The summed E-state index contributed by atoms with van der Waals surface area (Å²) in [5.74, 6) is -2.26. The molecule has 1 heterocycles. The molecule has 0 saturated carbocycles. The highest BCUT2D eigenvalue weighted by Crippen LogP contribution is 2.32. The zero-order valence-electron chi connectivity index (χ0n) is 21.3. The van der Waals surface area contributed by atoms with Crippen LogP contribution in [-0.2, 0) is 14.3 Å². The zero-order chi connectivity index (χ0) is 27.6. The average molecular weight is 532 g/mol. The number of amides is 3. The molecular formula is C29H26ClN3O5. The standard InChI is InChI=1S/C29H26ClN3O5/c1-16(2)38-29(37)21-10-5-6-11-22(21)32-26(34)19-8-7-9-20(15-19)31-25-24(30)27(35)33(28(25)36)23-14-17(3)12-13-18(23)4/h5-16,31H,1-4H3,(H,32,34). The number of anilines is 3. The number of nitrogens with one attached hydrogen (secondary N) is 2. The fourth-order valence-corrected chi connectivity index (χ4v) is 4.13. The van der Waals surface area contributed by atoms with Crippen molar-refractivity contribution in [2.75, 3.05) is 15.5 Å². The van der Waals surface area contributed by atoms with Crippen molar-refractivity contribution in [3.05, 3.63) is 99.7 Å². The van der Waals surface area contributed by atoms with E-state index in [-0.39, 0.29) is 28.0 Å². The van der Waals surface area contributed by atoms with Gasteiger partial charge in [0.2, 0.25) is 0 Å². The predicted molar refractivity (Wildman–Crippen MR) is 146 cm³/mol. The van der Waals surface area contributed by atoms with Gasteiger partial charge in [-0.3, -0.25) is 14.4 Å². The molecule has 0 radical (unpaired) electrons. The minimum Gasteiger partial charge on any atom is -0.459 e. The van der Waals surface area contributed by atoms with Crippen molar-refractivity contribution in [3.63, 3.8) is 0 Å². The second kappa shape index (κ2) is 10.9. The molecule has 3 aromatic rings. The number of aryl methyl sites for hydroxylation is 2. The molecule has 4 rings (SSSR count). The van der Waals surface area contributed by atoms with E-state index in [2.05, 4.69) is 10.6 Å². The number of imide groups is 1. The van der Waals surface area contributed by atoms with Crippen molar-refractivity contribution < 1.29 is 23.9 Å². The fraction of sp³-hybridized carbons (Fsp3) is 0.172. The Labute approximate surface area is 225 Å². The van der Waals surface area contributed by atoms with E-state index in [0.29, 0.717) is 17.1 Å². The number of esters is 1. The Hall–Kier alpha value is -4.43. The van der Waals surface area contributed by atoms with Gasteiger partial charge in [0.05, 0.1) is 23.0 Å². The van der Waals surface area contributed by atoms with Crippen LogP contribution in [0.4, 0.5) is 17.1 Å². The van der Waals surface area contributed by atoms with Crippen LogP contribution in [0.1, 0.15) is 45.7 Å². The first kappa shape index (κ1) is 26.6. The summed E-state index contributed by atoms with van der Waals surface area (Å²) >= 11 is 6.28. The number of nitrogens with zero attached hydrogens (tertiary/aromatic N) is 1. The molecule has 0 atom stereocenters. The van der Waals surface area contributed by atoms with Gasteiger partial charge in [0.15, 0.2) is 0 Å². The number of para-hydroxylation sites is 1. The normalized spacial score (nSPS) is 13.3. The van der Waals surface area contributed by atoms with E-state index in [0.717, 1.165) is 16.0 Å². The molecular weight excluding hydrogens is 506 g/mol. The molecule has 0 aliphatic carbocycles. The molecule has 0 saturated heterocycles. The molecule has 1 aliphatic heterocycles. The van der Waals surface area contributed by atoms with E-state index >= 15 is 0 Å². The van der Waals surface area contributed by atoms with E-state index in [1.54, 1.807) is 69.3 Å². The second-order valence-corrected chi connectivity index (χ2v) is 9.46. The number of benzene rings is 3. The molecule has 194 valence electrons. The van der Waals surface area contributed by atoms with Crippen LogP contribution in [0, 0.1) is 13.8 Å². The largest absolute Gasteiger partial charge is 0.459 e. The van der Waals surface area contributed by atoms with Crippen LogP contribution in [0.15, 0.2) is 77.5 Å². The van der Waals surface area contributed by atoms with Gasteiger partial charge in [-0.1, -0.05) is 41.9 Å². The van der Waals surface area contributed by atoms with E-state index in [4.69, 9.17) is 16.3 Å². The summed E-state index contributed by atoms with van der Waals surface area (Å²) in [5.41, 5.74) is 3.16. The summed E-state index contributed by atoms with van der Waals surface area (Å²) in [6.07, 6.45) is -0.314. The zero-order valence-corrected chi connectivity index (χ0v) is 22.1. The molecule has 3 aromatic carbocycles. The molecule has 0 fully saturated rings. The molecule has 0 unspecified atom stereocenters. The third kappa shape index (κ3) is 5.45. The SMILES string of the molecule is Cc1ccc(C)c(N2C(=O)C(Cl)=C(Nc3cccc(C(=O)Nc4ccccc4C(=O)OC(C)C)c3)C2=O)c1. The molecule has 0 aromatic heterocycles. The smallest absolute Gasteiger partial charge is 0.340 e. The molecule has 3 amide bonds. The number of hydrogen-bond acceptors (Lipinski definition) is 6. The summed E-state index contributed by atoms with van der Waals surface area (Å²) in [5, 5.41) is 5.38. The summed E-state index contributed by atoms with van der Waals surface area (Å²) in [7, 11) is 0. The van der Waals surface area contributed by atoms with Crippen LogP contribution < -0.4 is 15.5 Å². The first-order valence-electron chi connectivity index (χ1n) is 11.9. The molecule has 0 bridgehead atoms. The highest BCUT2D eigenvalue weighted by molar-refractivity contribution is 6.53. The summed E-state index contributed by atoms with van der Waals surface area (Å²) in [6, 6.07) is 18.4. The van der Waals surface area contributed by atoms with Gasteiger partial charge in [-0.2, -0.15) is 0 Å². The number of halogens is 1. The van der Waals surface area contributed by atoms with Crippen molar-refractivity contribution in [3.8, 4) is 0 Å². The van der Waals surface area contributed by atoms with Crippen LogP contribution in [0.2, 0.25) is 0 Å². The van der Waals surface area contributed by atoms with Gasteiger partial charge in [-0.05, 0) is 75.2 Å². The quantitative estimate of drug-likeness (QED) is 0.305. The van der Waals surface area contributed by atoms with Crippen LogP contribution in [0.3, 0.4) is 0 Å². The van der Waals surface area contributed by atoms with E-state index in [9.17, 15) is 19.2 Å². The van der Waals surface area contributed by atoms with Gasteiger partial charge in [0.25, 0.3) is 17.7 Å². The minimum atomic E-state index is -0.633. The Morgan fingerprint density at radius 1 is 0.921 bits per heavy atom. The molecule has 1 aliphatic rings. The monoisotopic (exact) mass is 531 g/mol. The van der Waals surface area contributed by atoms with Crippen LogP contribution >= 0.6 is 11.6 Å². The molecule has 8 nitrogen and oxygen atoms in total. The summed E-state index contributed by atoms with van der Waals surface area (Å²) < 4.78 is 5.26. The average Bonchev–Trinajstić information content (AvgIpc) is 3.08. The van der Waals surface area contributed by atoms with Gasteiger partial charge in [0, 0.05) is 11.3 Å². The highest BCUT2D eigenvalue weighted by Gasteiger charge is 2.39.